The number of H-pyrrole nitrogens is 1. The van der Waals surface area contributed by atoms with Gasteiger partial charge in [-0.2, -0.15) is 0 Å². The molecule has 1 aromatic heterocycles. The number of aromatic nitrogens is 2. The van der Waals surface area contributed by atoms with Gasteiger partial charge in [0.15, 0.2) is 0 Å². The number of benzene rings is 1. The number of methoxy groups -OCH3 is 1. The first-order chi connectivity index (χ1) is 11.6. The van der Waals surface area contributed by atoms with Crippen LogP contribution in [0.3, 0.4) is 0 Å². The average molecular weight is 330 g/mol. The summed E-state index contributed by atoms with van der Waals surface area (Å²) < 4.78 is 4.74. The number of carbonyl (C=O) groups excluding carboxylic acids is 2. The van der Waals surface area contributed by atoms with E-state index in [0.717, 1.165) is 11.3 Å². The number of ether oxygens (including phenoxy) is 1. The summed E-state index contributed by atoms with van der Waals surface area (Å²) in [7, 11) is 1.30. The van der Waals surface area contributed by atoms with Gasteiger partial charge in [-0.05, 0) is 12.5 Å². The molecule has 0 aliphatic heterocycles. The standard InChI is InChI=1S/C17H22N4O3/c1-12-3-5-13(6-4-12)8-18-10-16(22)21-15(17(23)24-2)7-14-9-19-11-20-14/h3-6,9,11,15,18H,7-8,10H2,1-2H3,(H,19,20)(H,21,22)/t15-/m0/s1. The minimum Gasteiger partial charge on any atom is -0.467 e. The van der Waals surface area contributed by atoms with Crippen molar-refractivity contribution in [2.75, 3.05) is 13.7 Å². The van der Waals surface area contributed by atoms with Crippen LogP contribution in [0.15, 0.2) is 36.8 Å². The number of imidazole rings is 1. The van der Waals surface area contributed by atoms with E-state index in [4.69, 9.17) is 4.74 Å². The maximum absolute atomic E-state index is 12.0. The monoisotopic (exact) mass is 330 g/mol. The van der Waals surface area contributed by atoms with Gasteiger partial charge in [0, 0.05) is 24.9 Å². The first-order valence-corrected chi connectivity index (χ1v) is 7.69. The van der Waals surface area contributed by atoms with Gasteiger partial charge in [-0.15, -0.1) is 0 Å². The molecule has 0 bridgehead atoms. The molecule has 2 aromatic rings. The molecule has 1 heterocycles. The quantitative estimate of drug-likeness (QED) is 0.620. The Bertz CT molecular complexity index is 653. The van der Waals surface area contributed by atoms with Gasteiger partial charge in [-0.25, -0.2) is 9.78 Å². The zero-order valence-electron chi connectivity index (χ0n) is 13.8. The van der Waals surface area contributed by atoms with Gasteiger partial charge in [-0.1, -0.05) is 29.8 Å². The molecular formula is C17H22N4O3. The number of hydrogen-bond donors (Lipinski definition) is 3. The minimum absolute atomic E-state index is 0.115. The van der Waals surface area contributed by atoms with Gasteiger partial charge < -0.3 is 20.4 Å². The molecule has 0 saturated heterocycles. The summed E-state index contributed by atoms with van der Waals surface area (Å²) in [6.07, 6.45) is 3.43. The molecule has 0 fully saturated rings. The van der Waals surface area contributed by atoms with Crippen molar-refractivity contribution in [1.82, 2.24) is 20.6 Å². The summed E-state index contributed by atoms with van der Waals surface area (Å²) in [5.74, 6) is -0.756. The fourth-order valence-electron chi connectivity index (χ4n) is 2.22. The van der Waals surface area contributed by atoms with Crippen LogP contribution in [0.5, 0.6) is 0 Å². The van der Waals surface area contributed by atoms with E-state index in [9.17, 15) is 9.59 Å². The molecule has 0 radical (unpaired) electrons. The van der Waals surface area contributed by atoms with E-state index >= 15 is 0 Å². The number of amides is 1. The van der Waals surface area contributed by atoms with Crippen molar-refractivity contribution in [2.45, 2.75) is 25.9 Å². The largest absolute Gasteiger partial charge is 0.467 e. The maximum Gasteiger partial charge on any atom is 0.328 e. The zero-order valence-corrected chi connectivity index (χ0v) is 13.8. The summed E-state index contributed by atoms with van der Waals surface area (Å²) in [6.45, 7) is 2.72. The number of nitrogens with one attached hydrogen (secondary N) is 3. The summed E-state index contributed by atoms with van der Waals surface area (Å²) in [4.78, 5) is 30.6. The van der Waals surface area contributed by atoms with Crippen LogP contribution in [0.25, 0.3) is 0 Å². The summed E-state index contributed by atoms with van der Waals surface area (Å²) in [5, 5.41) is 5.74. The van der Waals surface area contributed by atoms with Gasteiger partial charge in [0.05, 0.1) is 20.0 Å². The molecule has 3 N–H and O–H groups in total. The third-order valence-corrected chi connectivity index (χ3v) is 3.54. The van der Waals surface area contributed by atoms with Gasteiger partial charge >= 0.3 is 5.97 Å². The molecule has 2 rings (SSSR count). The molecule has 1 atom stereocenters. The van der Waals surface area contributed by atoms with Gasteiger partial charge in [0.25, 0.3) is 0 Å². The fourth-order valence-corrected chi connectivity index (χ4v) is 2.22. The second kappa shape index (κ2) is 8.83. The number of esters is 1. The molecule has 128 valence electrons. The molecule has 7 nitrogen and oxygen atoms in total. The van der Waals surface area contributed by atoms with E-state index in [1.807, 2.05) is 31.2 Å². The smallest absolute Gasteiger partial charge is 0.328 e. The molecule has 1 amide bonds. The summed E-state index contributed by atoms with van der Waals surface area (Å²) in [5.41, 5.74) is 3.03. The normalized spacial score (nSPS) is 11.8. The Balaban J connectivity index is 1.81. The van der Waals surface area contributed by atoms with Crippen LogP contribution in [0.2, 0.25) is 0 Å². The average Bonchev–Trinajstić information content (AvgIpc) is 3.08. The Morgan fingerprint density at radius 2 is 2.04 bits per heavy atom. The Kier molecular flexibility index (Phi) is 6.51. The van der Waals surface area contributed by atoms with Crippen molar-refractivity contribution in [3.8, 4) is 0 Å². The highest BCUT2D eigenvalue weighted by Crippen LogP contribution is 2.03. The van der Waals surface area contributed by atoms with Crippen molar-refractivity contribution in [2.24, 2.45) is 0 Å². The van der Waals surface area contributed by atoms with E-state index in [1.54, 1.807) is 6.20 Å². The lowest BCUT2D eigenvalue weighted by Crippen LogP contribution is -2.46. The van der Waals surface area contributed by atoms with Crippen LogP contribution in [0, 0.1) is 6.92 Å². The van der Waals surface area contributed by atoms with Crippen LogP contribution >= 0.6 is 0 Å². The van der Waals surface area contributed by atoms with E-state index in [-0.39, 0.29) is 12.5 Å². The maximum atomic E-state index is 12.0. The van der Waals surface area contributed by atoms with Crippen LogP contribution < -0.4 is 10.6 Å². The zero-order chi connectivity index (χ0) is 17.4. The lowest BCUT2D eigenvalue weighted by molar-refractivity contribution is -0.145. The van der Waals surface area contributed by atoms with E-state index in [1.165, 1.54) is 19.0 Å². The summed E-state index contributed by atoms with van der Waals surface area (Å²) >= 11 is 0. The first kappa shape index (κ1) is 17.7. The molecule has 1 aromatic carbocycles. The van der Waals surface area contributed by atoms with Crippen LogP contribution in [-0.4, -0.2) is 41.5 Å². The third kappa shape index (κ3) is 5.51. The summed E-state index contributed by atoms with van der Waals surface area (Å²) in [6, 6.07) is 7.32. The lowest BCUT2D eigenvalue weighted by atomic mass is 10.1. The van der Waals surface area contributed by atoms with Gasteiger partial charge in [-0.3, -0.25) is 4.79 Å². The van der Waals surface area contributed by atoms with E-state index < -0.39 is 12.0 Å². The van der Waals surface area contributed by atoms with Crippen LogP contribution in [-0.2, 0) is 27.3 Å². The molecule has 0 unspecified atom stereocenters. The van der Waals surface area contributed by atoms with Crippen molar-refractivity contribution in [3.63, 3.8) is 0 Å². The molecule has 0 spiro atoms. The first-order valence-electron chi connectivity index (χ1n) is 7.69. The second-order valence-corrected chi connectivity index (χ2v) is 5.51. The van der Waals surface area contributed by atoms with Crippen molar-refractivity contribution < 1.29 is 14.3 Å². The molecular weight excluding hydrogens is 308 g/mol. The highest BCUT2D eigenvalue weighted by atomic mass is 16.5. The third-order valence-electron chi connectivity index (χ3n) is 3.54. The predicted octanol–water partition coefficient (Wildman–Crippen LogP) is 0.708. The number of nitrogens with zero attached hydrogens (tertiary/aromatic N) is 1. The van der Waals surface area contributed by atoms with Crippen molar-refractivity contribution in [3.05, 3.63) is 53.6 Å². The molecule has 0 saturated carbocycles. The lowest BCUT2D eigenvalue weighted by Gasteiger charge is -2.16. The Morgan fingerprint density at radius 3 is 2.67 bits per heavy atom. The van der Waals surface area contributed by atoms with Gasteiger partial charge in [0.2, 0.25) is 5.91 Å². The Hall–Kier alpha value is -2.67. The van der Waals surface area contributed by atoms with Crippen molar-refractivity contribution in [1.29, 1.82) is 0 Å². The minimum atomic E-state index is -0.746. The number of hydrogen-bond acceptors (Lipinski definition) is 5. The van der Waals surface area contributed by atoms with E-state index in [2.05, 4.69) is 20.6 Å². The Labute approximate surface area is 140 Å². The molecule has 24 heavy (non-hydrogen) atoms. The highest BCUT2D eigenvalue weighted by Gasteiger charge is 2.22. The van der Waals surface area contributed by atoms with Gasteiger partial charge in [0.1, 0.15) is 6.04 Å². The highest BCUT2D eigenvalue weighted by molar-refractivity contribution is 5.85. The molecule has 0 aliphatic rings. The topological polar surface area (TPSA) is 96.1 Å². The van der Waals surface area contributed by atoms with Crippen LogP contribution in [0.1, 0.15) is 16.8 Å². The fraction of sp³-hybridized carbons (Fsp3) is 0.353. The second-order valence-electron chi connectivity index (χ2n) is 5.51. The molecule has 0 aliphatic carbocycles. The molecule has 7 heteroatoms. The predicted molar refractivity (Wildman–Crippen MR) is 89.1 cm³/mol. The number of aromatic amines is 1. The number of aryl methyl sites for hydroxylation is 1. The van der Waals surface area contributed by atoms with Crippen molar-refractivity contribution >= 4 is 11.9 Å². The van der Waals surface area contributed by atoms with Crippen LogP contribution in [0.4, 0.5) is 0 Å². The SMILES string of the molecule is COC(=O)[C@H](Cc1cnc[nH]1)NC(=O)CNCc1ccc(C)cc1. The number of rotatable bonds is 8. The van der Waals surface area contributed by atoms with E-state index in [0.29, 0.717) is 13.0 Å². The Morgan fingerprint density at radius 1 is 1.29 bits per heavy atom. The number of carbonyl (C=O) groups is 2.